The van der Waals surface area contributed by atoms with E-state index in [1.165, 1.54) is 42.3 Å². The van der Waals surface area contributed by atoms with Gasteiger partial charge in [0.05, 0.1) is 18.6 Å². The van der Waals surface area contributed by atoms with Crippen molar-refractivity contribution >= 4 is 43.3 Å². The molecule has 2 aromatic heterocycles. The van der Waals surface area contributed by atoms with Crippen LogP contribution in [0.1, 0.15) is 39.3 Å². The maximum absolute atomic E-state index is 14.6. The van der Waals surface area contributed by atoms with Crippen LogP contribution < -0.4 is 9.61 Å². The molecule has 0 amide bonds. The molecule has 3 aromatic rings. The minimum atomic E-state index is -4.65. The van der Waals surface area contributed by atoms with Crippen LogP contribution in [-0.4, -0.2) is 118 Å². The zero-order valence-corrected chi connectivity index (χ0v) is 31.1. The summed E-state index contributed by atoms with van der Waals surface area (Å²) in [7, 11) is -1.13. The van der Waals surface area contributed by atoms with Crippen molar-refractivity contribution in [2.24, 2.45) is 10.9 Å². The summed E-state index contributed by atoms with van der Waals surface area (Å²) in [6, 6.07) is 11.6. The van der Waals surface area contributed by atoms with Crippen LogP contribution in [-0.2, 0) is 48.0 Å². The lowest BCUT2D eigenvalue weighted by molar-refractivity contribution is -0.170. The Morgan fingerprint density at radius 1 is 1.19 bits per heavy atom. The van der Waals surface area contributed by atoms with Gasteiger partial charge in [-0.15, -0.1) is 0 Å². The molecule has 3 N–H and O–H groups in total. The van der Waals surface area contributed by atoms with Gasteiger partial charge in [0.15, 0.2) is 5.82 Å². The van der Waals surface area contributed by atoms with Crippen LogP contribution in [0, 0.1) is 17.2 Å². The Bertz CT molecular complexity index is 1950. The first kappa shape index (κ1) is 40.2. The van der Waals surface area contributed by atoms with E-state index in [0.717, 1.165) is 12.8 Å². The number of carboxylic acids is 1. The standard InChI is InChI=1S/C34H42N7O12P/c1-6-22(7-2)15-49-31(45)21(3)39-54(47,52-23-11-9-8-10-12-23)53-29-28-34(29,50-27(44)17-48-16-26(42)43)32(46)33(18-35,51-28)25-14-13-24-30(37-20-40(4)5)36-19-38-41(24)25/h8-14,19-22,28-29,32,46H,6-7,15-17H2,1-5H3,(H,39,47)(H,42,43)/t21-,28+,29?,32-,33-,34-,54+/m0/s1. The second kappa shape index (κ2) is 16.6. The zero-order valence-electron chi connectivity index (χ0n) is 30.2. The third kappa shape index (κ3) is 8.23. The van der Waals surface area contributed by atoms with Gasteiger partial charge < -0.3 is 38.6 Å². The van der Waals surface area contributed by atoms with Crippen molar-refractivity contribution in [2.45, 2.75) is 69.2 Å². The van der Waals surface area contributed by atoms with Crippen LogP contribution in [0.5, 0.6) is 5.75 Å². The van der Waals surface area contributed by atoms with Crippen molar-refractivity contribution in [1.82, 2.24) is 24.6 Å². The Kier molecular flexibility index (Phi) is 12.4. The molecule has 0 radical (unpaired) electrons. The SMILES string of the molecule is CCC(CC)COC(=O)[C@H](C)N[P@@](=O)(Oc1ccccc1)OC1[C@H]2O[C@@](C#N)(c3ccc4c(N=CN(C)C)ncnn34)[C@H](O)[C@@]12OC(=O)COCC(=O)O. The summed E-state index contributed by atoms with van der Waals surface area (Å²) in [4.78, 5) is 47.3. The van der Waals surface area contributed by atoms with E-state index < -0.39 is 74.4 Å². The number of carbonyl (C=O) groups is 3. The highest BCUT2D eigenvalue weighted by molar-refractivity contribution is 7.52. The highest BCUT2D eigenvalue weighted by atomic mass is 31.2. The Morgan fingerprint density at radius 3 is 2.56 bits per heavy atom. The summed E-state index contributed by atoms with van der Waals surface area (Å²) in [5, 5.41) is 38.5. The van der Waals surface area contributed by atoms with E-state index in [1.54, 1.807) is 43.3 Å². The molecule has 1 saturated carbocycles. The molecule has 54 heavy (non-hydrogen) atoms. The average molecular weight is 772 g/mol. The number of aliphatic hydroxyl groups excluding tert-OH is 1. The maximum atomic E-state index is 14.6. The number of nitrogens with one attached hydrogen (secondary N) is 1. The summed E-state index contributed by atoms with van der Waals surface area (Å²) in [5.74, 6) is -2.84. The van der Waals surface area contributed by atoms with E-state index >= 15 is 0 Å². The van der Waals surface area contributed by atoms with Gasteiger partial charge in [0.25, 0.3) is 0 Å². The van der Waals surface area contributed by atoms with Crippen molar-refractivity contribution in [1.29, 1.82) is 5.26 Å². The summed E-state index contributed by atoms with van der Waals surface area (Å²) < 4.78 is 49.9. The van der Waals surface area contributed by atoms with E-state index in [1.807, 2.05) is 19.9 Å². The monoisotopic (exact) mass is 771 g/mol. The van der Waals surface area contributed by atoms with Gasteiger partial charge in [-0.25, -0.2) is 28.6 Å². The molecular formula is C34H42N7O12P. The number of aliphatic hydroxyl groups is 1. The average Bonchev–Trinajstić information content (AvgIpc) is 3.37. The second-order valence-corrected chi connectivity index (χ2v) is 14.5. The molecule has 290 valence electrons. The molecule has 1 unspecified atom stereocenters. The van der Waals surface area contributed by atoms with Gasteiger partial charge >= 0.3 is 25.7 Å². The number of aromatic nitrogens is 3. The first-order valence-electron chi connectivity index (χ1n) is 17.0. The highest BCUT2D eigenvalue weighted by Crippen LogP contribution is 2.65. The molecule has 0 bridgehead atoms. The molecule has 19 nitrogen and oxygen atoms in total. The number of carboxylic acid groups (broad SMARTS) is 1. The minimum Gasteiger partial charge on any atom is -0.480 e. The number of nitrogens with zero attached hydrogens (tertiary/aromatic N) is 6. The first-order chi connectivity index (χ1) is 25.7. The van der Waals surface area contributed by atoms with Gasteiger partial charge in [-0.2, -0.15) is 15.4 Å². The number of benzene rings is 1. The Hall–Kier alpha value is -4.96. The maximum Gasteiger partial charge on any atom is 0.459 e. The number of hydrogen-bond donors (Lipinski definition) is 3. The summed E-state index contributed by atoms with van der Waals surface area (Å²) in [5.41, 5.74) is -4.14. The third-order valence-electron chi connectivity index (χ3n) is 8.85. The molecule has 7 atom stereocenters. The van der Waals surface area contributed by atoms with E-state index in [0.29, 0.717) is 5.52 Å². The molecular weight excluding hydrogens is 729 g/mol. The van der Waals surface area contributed by atoms with Gasteiger partial charge in [-0.3, -0.25) is 9.32 Å². The van der Waals surface area contributed by atoms with Crippen LogP contribution in [0.3, 0.4) is 0 Å². The predicted octanol–water partition coefficient (Wildman–Crippen LogP) is 2.36. The van der Waals surface area contributed by atoms with Gasteiger partial charge in [-0.1, -0.05) is 44.9 Å². The van der Waals surface area contributed by atoms with Crippen molar-refractivity contribution < 1.29 is 57.2 Å². The Labute approximate surface area is 310 Å². The van der Waals surface area contributed by atoms with Crippen molar-refractivity contribution in [3.63, 3.8) is 0 Å². The van der Waals surface area contributed by atoms with Gasteiger partial charge in [-0.05, 0) is 37.1 Å². The molecule has 2 aliphatic rings. The first-order valence-corrected chi connectivity index (χ1v) is 18.6. The zero-order chi connectivity index (χ0) is 39.3. The second-order valence-electron chi connectivity index (χ2n) is 12.9. The number of esters is 2. The number of rotatable bonds is 19. The quantitative estimate of drug-likeness (QED) is 0.0685. The lowest BCUT2D eigenvalue weighted by Gasteiger charge is -2.32. The van der Waals surface area contributed by atoms with Gasteiger partial charge in [0, 0.05) is 14.1 Å². The molecule has 1 aliphatic carbocycles. The molecule has 0 spiro atoms. The van der Waals surface area contributed by atoms with Crippen LogP contribution >= 0.6 is 7.75 Å². The smallest absolute Gasteiger partial charge is 0.459 e. The van der Waals surface area contributed by atoms with Crippen LogP contribution in [0.15, 0.2) is 53.8 Å². The number of aliphatic carboxylic acids is 1. The van der Waals surface area contributed by atoms with E-state index in [9.17, 15) is 29.3 Å². The lowest BCUT2D eigenvalue weighted by Crippen LogP contribution is -2.49. The number of fused-ring (bicyclic) bond motifs is 2. The largest absolute Gasteiger partial charge is 0.480 e. The normalized spacial score (nSPS) is 24.7. The van der Waals surface area contributed by atoms with E-state index in [2.05, 4.69) is 20.2 Å². The molecule has 1 aliphatic heterocycles. The number of ether oxygens (including phenoxy) is 4. The number of para-hydroxylation sites is 1. The number of carbonyl (C=O) groups excluding carboxylic acids is 2. The van der Waals surface area contributed by atoms with E-state index in [4.69, 9.17) is 33.1 Å². The third-order valence-corrected chi connectivity index (χ3v) is 10.5. The van der Waals surface area contributed by atoms with Crippen LogP contribution in [0.25, 0.3) is 5.52 Å². The molecule has 1 aromatic carbocycles. The van der Waals surface area contributed by atoms with Gasteiger partial charge in [0.2, 0.25) is 11.2 Å². The Morgan fingerprint density at radius 2 is 1.91 bits per heavy atom. The van der Waals surface area contributed by atoms with Gasteiger partial charge in [0.1, 0.15) is 61.2 Å². The Balaban J connectivity index is 1.49. The van der Waals surface area contributed by atoms with Crippen molar-refractivity contribution in [3.8, 4) is 11.8 Å². The molecule has 20 heteroatoms. The summed E-state index contributed by atoms with van der Waals surface area (Å²) in [6.07, 6.45) is -0.811. The highest BCUT2D eigenvalue weighted by Gasteiger charge is 2.87. The molecule has 3 heterocycles. The lowest BCUT2D eigenvalue weighted by atomic mass is 9.90. The molecule has 1 saturated heterocycles. The predicted molar refractivity (Wildman–Crippen MR) is 187 cm³/mol. The fraction of sp³-hybridized carbons (Fsp3) is 0.500. The topological polar surface area (TPSA) is 246 Å². The van der Waals surface area contributed by atoms with Crippen LogP contribution in [0.4, 0.5) is 5.82 Å². The molecule has 2 fully saturated rings. The summed E-state index contributed by atoms with van der Waals surface area (Å²) >= 11 is 0. The number of aliphatic imine (C=N–C) groups is 1. The van der Waals surface area contributed by atoms with Crippen LogP contribution in [0.2, 0.25) is 0 Å². The fourth-order valence-electron chi connectivity index (χ4n) is 5.93. The minimum absolute atomic E-state index is 0.00961. The number of hydrogen-bond acceptors (Lipinski definition) is 15. The van der Waals surface area contributed by atoms with Crippen molar-refractivity contribution in [3.05, 3.63) is 54.5 Å². The summed E-state index contributed by atoms with van der Waals surface area (Å²) in [6.45, 7) is 3.76. The number of nitriles is 1. The van der Waals surface area contributed by atoms with Crippen molar-refractivity contribution in [2.75, 3.05) is 33.9 Å². The fourth-order valence-corrected chi connectivity index (χ4v) is 7.64. The molecule has 5 rings (SSSR count). The van der Waals surface area contributed by atoms with E-state index in [-0.39, 0.29) is 29.8 Å².